The molecule has 3 rings (SSSR count). The maximum absolute atomic E-state index is 12.5. The number of hydrogen-bond donors (Lipinski definition) is 7. The van der Waals surface area contributed by atoms with Gasteiger partial charge in [0.05, 0.1) is 26.0 Å². The number of fused-ring (bicyclic) bond motifs is 1. The van der Waals surface area contributed by atoms with Crippen LogP contribution in [0.5, 0.6) is 0 Å². The molecular formula is C25H37Li3N7O19P3S. The van der Waals surface area contributed by atoms with E-state index in [0.717, 1.165) is 29.0 Å². The molecule has 0 aliphatic carbocycles. The van der Waals surface area contributed by atoms with Crippen LogP contribution in [0.3, 0.4) is 0 Å². The van der Waals surface area contributed by atoms with E-state index in [9.17, 15) is 62.7 Å². The van der Waals surface area contributed by atoms with E-state index in [-0.39, 0.29) is 117 Å². The second-order valence-corrected chi connectivity index (χ2v) is 17.4. The number of hydrogen-bond acceptors (Lipinski definition) is 22. The van der Waals surface area contributed by atoms with Crippen LogP contribution < -0.4 is 87.6 Å². The zero-order chi connectivity index (χ0) is 41.4. The van der Waals surface area contributed by atoms with E-state index in [2.05, 4.69) is 43.5 Å². The predicted molar refractivity (Wildman–Crippen MR) is 177 cm³/mol. The van der Waals surface area contributed by atoms with Crippen molar-refractivity contribution in [3.63, 3.8) is 0 Å². The van der Waals surface area contributed by atoms with Gasteiger partial charge >= 0.3 is 62.6 Å². The van der Waals surface area contributed by atoms with Gasteiger partial charge in [-0.3, -0.25) is 37.4 Å². The first-order valence-corrected chi connectivity index (χ1v) is 21.0. The number of phosphoric ester groups is 3. The minimum atomic E-state index is -5.91. The monoisotopic (exact) mass is 885 g/mol. The van der Waals surface area contributed by atoms with Gasteiger partial charge in [-0.2, -0.15) is 0 Å². The van der Waals surface area contributed by atoms with Crippen LogP contribution in [0.25, 0.3) is 11.2 Å². The number of aliphatic carboxylic acids is 1. The van der Waals surface area contributed by atoms with Gasteiger partial charge < -0.3 is 69.6 Å². The first-order valence-electron chi connectivity index (χ1n) is 15.6. The Hall–Kier alpha value is -1.18. The Morgan fingerprint density at radius 1 is 1.02 bits per heavy atom. The van der Waals surface area contributed by atoms with E-state index in [4.69, 9.17) is 15.6 Å². The second kappa shape index (κ2) is 24.5. The van der Waals surface area contributed by atoms with Crippen LogP contribution in [0.4, 0.5) is 5.82 Å². The average Bonchev–Trinajstić information content (AvgIpc) is 3.63. The van der Waals surface area contributed by atoms with E-state index < -0.39 is 90.5 Å². The molecule has 0 aromatic carbocycles. The average molecular weight is 885 g/mol. The standard InChI is InChI=1S/C25H40N7O19P3S.3Li/c1-25(2,20(38)23(39)28-6-5-14(33)27-7-8-55-16(36)4-3-15(34)35)10-48-54(45,46)51-53(43,44)47-9-13-19(50-52(40,41)42)18(37)24(49-13)32-12-31-17-21(26)29-11-30-22(17)32;;;/h11-13,18-20,24,37-38H,3-10H2,1-2H3,(H,27,33)(H,28,39)(H,34,35)(H,43,44)(H,45,46)(H2,26,29,30)(H2,40,41,42);;;/q;3*+1/p-3. The normalized spacial score (nSPS) is 21.4. The molecule has 2 aromatic heterocycles. The van der Waals surface area contributed by atoms with E-state index in [1.54, 1.807) is 0 Å². The topological polar surface area (TPSA) is 409 Å². The Bertz CT molecular complexity index is 1860. The van der Waals surface area contributed by atoms with E-state index in [0.29, 0.717) is 0 Å². The fourth-order valence-corrected chi connectivity index (χ4v) is 7.98. The number of imidazole rings is 1. The van der Waals surface area contributed by atoms with E-state index in [1.165, 1.54) is 13.8 Å². The Labute approximate surface area is 369 Å². The molecule has 0 bridgehead atoms. The number of carbonyl (C=O) groups is 4. The quantitative estimate of drug-likeness (QED) is 0.0328. The summed E-state index contributed by atoms with van der Waals surface area (Å²) in [5, 5.41) is 34.2. The Balaban J connectivity index is 0.0000108. The number of aliphatic hydroxyl groups is 2. The number of nitrogen functional groups attached to an aromatic ring is 1. The molecule has 1 saturated heterocycles. The van der Waals surface area contributed by atoms with Gasteiger partial charge in [0.2, 0.25) is 11.8 Å². The third kappa shape index (κ3) is 18.0. The van der Waals surface area contributed by atoms with Crippen molar-refractivity contribution in [3.8, 4) is 0 Å². The molecule has 2 amide bonds. The summed E-state index contributed by atoms with van der Waals surface area (Å²) in [6.45, 7) is -0.136. The number of nitrogens with zero attached hydrogens (tertiary/aromatic N) is 4. The zero-order valence-electron chi connectivity index (χ0n) is 31.7. The zero-order valence-corrected chi connectivity index (χ0v) is 35.2. The van der Waals surface area contributed by atoms with Crippen LogP contribution in [0.2, 0.25) is 0 Å². The number of carboxylic acid groups (broad SMARTS) is 1. The molecule has 2 aromatic rings. The molecule has 0 saturated carbocycles. The van der Waals surface area contributed by atoms with Crippen LogP contribution in [0.1, 0.15) is 39.3 Å². The number of nitrogens with two attached hydrogens (primary N) is 1. The van der Waals surface area contributed by atoms with Crippen LogP contribution in [0, 0.1) is 5.41 Å². The van der Waals surface area contributed by atoms with Gasteiger partial charge in [0, 0.05) is 37.1 Å². The molecule has 33 heteroatoms. The minimum absolute atomic E-state index is 0. The number of aliphatic hydroxyl groups excluding tert-OH is 2. The van der Waals surface area contributed by atoms with E-state index in [1.807, 2.05) is 0 Å². The Kier molecular flexibility index (Phi) is 24.0. The molecule has 8 atom stereocenters. The van der Waals surface area contributed by atoms with Gasteiger partial charge in [-0.1, -0.05) is 25.6 Å². The van der Waals surface area contributed by atoms with Gasteiger partial charge in [0.1, 0.15) is 36.3 Å². The van der Waals surface area contributed by atoms with Crippen molar-refractivity contribution >= 4 is 75.1 Å². The number of nitrogens with one attached hydrogen (secondary N) is 2. The number of aromatic nitrogens is 4. The Morgan fingerprint density at radius 3 is 2.28 bits per heavy atom. The molecule has 58 heavy (non-hydrogen) atoms. The van der Waals surface area contributed by atoms with Gasteiger partial charge in [-0.25, -0.2) is 19.3 Å². The van der Waals surface area contributed by atoms with Gasteiger partial charge in [-0.05, 0) is 0 Å². The molecule has 0 spiro atoms. The minimum Gasteiger partial charge on any atom is -0.756 e. The molecule has 26 nitrogen and oxygen atoms in total. The number of carboxylic acids is 1. The predicted octanol–water partition coefficient (Wildman–Crippen LogP) is -12.4. The number of thioether (sulfide) groups is 1. The van der Waals surface area contributed by atoms with Crippen molar-refractivity contribution in [2.45, 2.75) is 63.8 Å². The SMILES string of the molecule is CC(C)(COP(=O)([O-])OP(=O)([O-])OCC1OC(n2cnc3c(N)ncnc32)C(O)C1OP(=O)([O-])O)C(O)C(=O)NCCC(=O)NCCSC(=O)CCC(=O)O.[Li+].[Li+].[Li+]. The van der Waals surface area contributed by atoms with Crippen molar-refractivity contribution < 1.29 is 147 Å². The van der Waals surface area contributed by atoms with Crippen LogP contribution in [-0.2, 0) is 55.5 Å². The number of rotatable bonds is 22. The summed E-state index contributed by atoms with van der Waals surface area (Å²) in [6.07, 6.45) is -8.03. The molecular weight excluding hydrogens is 848 g/mol. The summed E-state index contributed by atoms with van der Waals surface area (Å²) in [7, 11) is -17.4. The molecule has 8 N–H and O–H groups in total. The van der Waals surface area contributed by atoms with Crippen molar-refractivity contribution in [2.75, 3.05) is 37.8 Å². The second-order valence-electron chi connectivity index (χ2n) is 12.1. The van der Waals surface area contributed by atoms with Crippen molar-refractivity contribution in [1.82, 2.24) is 30.2 Å². The van der Waals surface area contributed by atoms with Gasteiger partial charge in [0.15, 0.2) is 22.8 Å². The number of ether oxygens (including phenoxy) is 1. The first-order chi connectivity index (χ1) is 25.4. The Morgan fingerprint density at radius 2 is 1.66 bits per heavy atom. The van der Waals surface area contributed by atoms with Crippen LogP contribution >= 0.6 is 35.2 Å². The fourth-order valence-electron chi connectivity index (χ4n) is 4.56. The molecule has 1 aliphatic heterocycles. The summed E-state index contributed by atoms with van der Waals surface area (Å²) in [5.74, 6) is -2.61. The molecule has 1 fully saturated rings. The molecule has 1 aliphatic rings. The van der Waals surface area contributed by atoms with E-state index >= 15 is 0 Å². The third-order valence-corrected chi connectivity index (χ3v) is 11.2. The van der Waals surface area contributed by atoms with Crippen molar-refractivity contribution in [2.24, 2.45) is 5.41 Å². The summed E-state index contributed by atoms with van der Waals surface area (Å²) < 4.78 is 60.6. The molecule has 310 valence electrons. The molecule has 3 heterocycles. The summed E-state index contributed by atoms with van der Waals surface area (Å²) >= 11 is 0.839. The summed E-state index contributed by atoms with van der Waals surface area (Å²) in [4.78, 5) is 104. The van der Waals surface area contributed by atoms with Gasteiger partial charge in [0.25, 0.3) is 23.5 Å². The van der Waals surface area contributed by atoms with Crippen LogP contribution in [0.15, 0.2) is 12.7 Å². The van der Waals surface area contributed by atoms with Crippen LogP contribution in [-0.4, -0.2) is 119 Å². The molecule has 0 radical (unpaired) electrons. The largest absolute Gasteiger partial charge is 1.00 e. The summed E-state index contributed by atoms with van der Waals surface area (Å²) in [6, 6.07) is 0. The maximum Gasteiger partial charge on any atom is 1.00 e. The molecule has 8 unspecified atom stereocenters. The third-order valence-electron chi connectivity index (χ3n) is 7.29. The number of carbonyl (C=O) groups excluding carboxylic acids is 3. The van der Waals surface area contributed by atoms with Gasteiger partial charge in [-0.15, -0.1) is 0 Å². The maximum atomic E-state index is 12.5. The fraction of sp³-hybridized carbons (Fsp3) is 0.640. The van der Waals surface area contributed by atoms with Crippen molar-refractivity contribution in [1.29, 1.82) is 0 Å². The van der Waals surface area contributed by atoms with Crippen molar-refractivity contribution in [3.05, 3.63) is 12.7 Å². The number of anilines is 1. The summed E-state index contributed by atoms with van der Waals surface area (Å²) in [5.41, 5.74) is 4.05. The smallest absolute Gasteiger partial charge is 0.756 e. The number of amides is 2. The number of phosphoric acid groups is 3. The first kappa shape index (κ1) is 56.8.